The predicted molar refractivity (Wildman–Crippen MR) is 69.5 cm³/mol. The Balaban J connectivity index is 2.76. The van der Waals surface area contributed by atoms with Gasteiger partial charge in [-0.1, -0.05) is 43.1 Å². The molecule has 2 nitrogen and oxygen atoms in total. The molecule has 0 N–H and O–H groups in total. The Morgan fingerprint density at radius 2 is 1.88 bits per heavy atom. The lowest BCUT2D eigenvalue weighted by atomic mass is 10.3. The van der Waals surface area contributed by atoms with E-state index in [0.29, 0.717) is 15.8 Å². The van der Waals surface area contributed by atoms with E-state index in [1.165, 1.54) is 0 Å². The molecule has 0 fully saturated rings. The Morgan fingerprint density at radius 1 is 1.25 bits per heavy atom. The number of benzene rings is 1. The van der Waals surface area contributed by atoms with Crippen molar-refractivity contribution in [1.29, 1.82) is 0 Å². The van der Waals surface area contributed by atoms with Crippen LogP contribution < -0.4 is 4.74 Å². The summed E-state index contributed by atoms with van der Waals surface area (Å²) in [6, 6.07) is 5.41. The first kappa shape index (κ1) is 13.6. The zero-order valence-corrected chi connectivity index (χ0v) is 11.3. The third-order valence-electron chi connectivity index (χ3n) is 2.54. The van der Waals surface area contributed by atoms with Gasteiger partial charge >= 0.3 is 0 Å². The molecule has 0 bridgehead atoms. The van der Waals surface area contributed by atoms with E-state index in [1.54, 1.807) is 6.07 Å². The topological polar surface area (TPSA) is 12.5 Å². The highest BCUT2D eigenvalue weighted by Gasteiger charge is 2.14. The largest absolute Gasteiger partial charge is 0.474 e. The molecule has 0 aromatic heterocycles. The van der Waals surface area contributed by atoms with Crippen LogP contribution in [0.4, 0.5) is 0 Å². The molecule has 1 unspecified atom stereocenters. The van der Waals surface area contributed by atoms with Crippen LogP contribution in [-0.2, 0) is 0 Å². The van der Waals surface area contributed by atoms with E-state index in [4.69, 9.17) is 27.9 Å². The molecule has 0 saturated heterocycles. The molecule has 1 aromatic rings. The van der Waals surface area contributed by atoms with Crippen LogP contribution in [0.1, 0.15) is 20.8 Å². The summed E-state index contributed by atoms with van der Waals surface area (Å²) in [6.45, 7) is 8.09. The fourth-order valence-electron chi connectivity index (χ4n) is 1.57. The van der Waals surface area contributed by atoms with Crippen molar-refractivity contribution in [3.8, 4) is 5.75 Å². The van der Waals surface area contributed by atoms with E-state index in [9.17, 15) is 0 Å². The fourth-order valence-corrected chi connectivity index (χ4v) is 1.91. The summed E-state index contributed by atoms with van der Waals surface area (Å²) in [5.74, 6) is 0.633. The van der Waals surface area contributed by atoms with E-state index in [2.05, 4.69) is 18.7 Å². The van der Waals surface area contributed by atoms with E-state index >= 15 is 0 Å². The summed E-state index contributed by atoms with van der Waals surface area (Å²) in [5.41, 5.74) is 0. The van der Waals surface area contributed by atoms with Crippen molar-refractivity contribution in [2.75, 3.05) is 13.1 Å². The number of nitrogens with zero attached hydrogens (tertiary/aromatic N) is 1. The molecule has 0 amide bonds. The first-order chi connectivity index (χ1) is 7.60. The summed E-state index contributed by atoms with van der Waals surface area (Å²) in [5, 5.41) is 0.995. The molecule has 4 heteroatoms. The van der Waals surface area contributed by atoms with Crippen LogP contribution in [0.2, 0.25) is 10.0 Å². The van der Waals surface area contributed by atoms with Crippen molar-refractivity contribution in [3.63, 3.8) is 0 Å². The van der Waals surface area contributed by atoms with Gasteiger partial charge < -0.3 is 4.74 Å². The van der Waals surface area contributed by atoms with E-state index in [-0.39, 0.29) is 6.23 Å². The zero-order chi connectivity index (χ0) is 12.1. The minimum Gasteiger partial charge on any atom is -0.474 e. The van der Waals surface area contributed by atoms with E-state index in [0.717, 1.165) is 13.1 Å². The quantitative estimate of drug-likeness (QED) is 0.742. The smallest absolute Gasteiger partial charge is 0.149 e. The first-order valence-corrected chi connectivity index (χ1v) is 6.20. The molecule has 1 rings (SSSR count). The fraction of sp³-hybridized carbons (Fsp3) is 0.500. The summed E-state index contributed by atoms with van der Waals surface area (Å²) in [7, 11) is 0. The lowest BCUT2D eigenvalue weighted by molar-refractivity contribution is 0.0482. The lowest BCUT2D eigenvalue weighted by Gasteiger charge is -2.27. The van der Waals surface area contributed by atoms with Gasteiger partial charge in [-0.05, 0) is 32.1 Å². The van der Waals surface area contributed by atoms with Gasteiger partial charge in [0.25, 0.3) is 0 Å². The van der Waals surface area contributed by atoms with Crippen molar-refractivity contribution in [2.24, 2.45) is 0 Å². The van der Waals surface area contributed by atoms with Crippen LogP contribution in [0, 0.1) is 0 Å². The number of rotatable bonds is 5. The molecular formula is C12H17Cl2NO. The van der Waals surface area contributed by atoms with Gasteiger partial charge in [0.1, 0.15) is 17.0 Å². The third-order valence-corrected chi connectivity index (χ3v) is 3.34. The molecule has 0 radical (unpaired) electrons. The minimum atomic E-state index is -0.00836. The first-order valence-electron chi connectivity index (χ1n) is 5.44. The maximum absolute atomic E-state index is 6.05. The van der Waals surface area contributed by atoms with Gasteiger partial charge in [0.2, 0.25) is 0 Å². The van der Waals surface area contributed by atoms with Crippen molar-refractivity contribution in [2.45, 2.75) is 27.0 Å². The Bertz CT molecular complexity index is 340. The second-order valence-corrected chi connectivity index (χ2v) is 4.28. The average molecular weight is 262 g/mol. The lowest BCUT2D eigenvalue weighted by Crippen LogP contribution is -2.36. The molecule has 16 heavy (non-hydrogen) atoms. The van der Waals surface area contributed by atoms with Crippen LogP contribution in [0.5, 0.6) is 5.75 Å². The van der Waals surface area contributed by atoms with Gasteiger partial charge in [0.15, 0.2) is 0 Å². The van der Waals surface area contributed by atoms with Gasteiger partial charge in [-0.3, -0.25) is 4.90 Å². The van der Waals surface area contributed by atoms with Crippen LogP contribution >= 0.6 is 23.2 Å². The second-order valence-electron chi connectivity index (χ2n) is 3.49. The maximum atomic E-state index is 6.05. The number of hydrogen-bond donors (Lipinski definition) is 0. The average Bonchev–Trinajstić information content (AvgIpc) is 2.26. The Hall–Kier alpha value is -0.440. The molecule has 0 aliphatic carbocycles. The highest BCUT2D eigenvalue weighted by molar-refractivity contribution is 6.42. The molecule has 90 valence electrons. The van der Waals surface area contributed by atoms with Gasteiger partial charge in [0, 0.05) is 0 Å². The summed E-state index contributed by atoms with van der Waals surface area (Å²) in [6.07, 6.45) is -0.00836. The number of hydrogen-bond acceptors (Lipinski definition) is 2. The van der Waals surface area contributed by atoms with Crippen molar-refractivity contribution >= 4 is 23.2 Å². The van der Waals surface area contributed by atoms with Crippen molar-refractivity contribution in [3.05, 3.63) is 28.2 Å². The van der Waals surface area contributed by atoms with Gasteiger partial charge in [-0.25, -0.2) is 0 Å². The van der Waals surface area contributed by atoms with Crippen LogP contribution in [0.3, 0.4) is 0 Å². The maximum Gasteiger partial charge on any atom is 0.149 e. The molecule has 0 heterocycles. The number of ether oxygens (including phenoxy) is 1. The highest BCUT2D eigenvalue weighted by atomic mass is 35.5. The molecule has 0 saturated carbocycles. The standard InChI is InChI=1S/C12H17Cl2NO/c1-4-15(5-2)9(3)16-11-8-6-7-10(13)12(11)14/h6-9H,4-5H2,1-3H3. The summed E-state index contributed by atoms with van der Waals surface area (Å²) in [4.78, 5) is 2.19. The Morgan fingerprint density at radius 3 is 2.44 bits per heavy atom. The second kappa shape index (κ2) is 6.33. The van der Waals surface area contributed by atoms with Crippen molar-refractivity contribution in [1.82, 2.24) is 4.90 Å². The predicted octanol–water partition coefficient (Wildman–Crippen LogP) is 4.06. The molecule has 0 spiro atoms. The van der Waals surface area contributed by atoms with Crippen molar-refractivity contribution < 1.29 is 4.74 Å². The third kappa shape index (κ3) is 3.27. The summed E-state index contributed by atoms with van der Waals surface area (Å²) >= 11 is 12.0. The van der Waals surface area contributed by atoms with Crippen LogP contribution in [0.25, 0.3) is 0 Å². The zero-order valence-electron chi connectivity index (χ0n) is 9.84. The van der Waals surface area contributed by atoms with Gasteiger partial charge in [-0.15, -0.1) is 0 Å². The minimum absolute atomic E-state index is 0.00836. The molecule has 1 aromatic carbocycles. The normalized spacial score (nSPS) is 12.9. The summed E-state index contributed by atoms with van der Waals surface area (Å²) < 4.78 is 5.78. The SMILES string of the molecule is CCN(CC)C(C)Oc1cccc(Cl)c1Cl. The van der Waals surface area contributed by atoms with Crippen LogP contribution in [-0.4, -0.2) is 24.2 Å². The molecule has 1 atom stereocenters. The van der Waals surface area contributed by atoms with E-state index in [1.807, 2.05) is 19.1 Å². The Labute approximate surface area is 107 Å². The molecule has 0 aliphatic rings. The highest BCUT2D eigenvalue weighted by Crippen LogP contribution is 2.32. The Kier molecular flexibility index (Phi) is 5.39. The molecular weight excluding hydrogens is 245 g/mol. The number of halogens is 2. The van der Waals surface area contributed by atoms with E-state index < -0.39 is 0 Å². The van der Waals surface area contributed by atoms with Crippen LogP contribution in [0.15, 0.2) is 18.2 Å². The van der Waals surface area contributed by atoms with Gasteiger partial charge in [-0.2, -0.15) is 0 Å². The molecule has 0 aliphatic heterocycles. The van der Waals surface area contributed by atoms with Gasteiger partial charge in [0.05, 0.1) is 5.02 Å². The monoisotopic (exact) mass is 261 g/mol.